The second-order valence-electron chi connectivity index (χ2n) is 6.67. The largest absolute Gasteiger partial charge is 0.495 e. The van der Waals surface area contributed by atoms with Crippen molar-refractivity contribution in [1.29, 1.82) is 5.26 Å². The second-order valence-corrected chi connectivity index (χ2v) is 6.67. The molecule has 0 saturated carbocycles. The van der Waals surface area contributed by atoms with Crippen molar-refractivity contribution in [2.75, 3.05) is 51.9 Å². The quantitative estimate of drug-likeness (QED) is 0.657. The number of amides is 1. The van der Waals surface area contributed by atoms with Crippen LogP contribution in [0, 0.1) is 11.3 Å². The van der Waals surface area contributed by atoms with Gasteiger partial charge < -0.3 is 24.0 Å². The van der Waals surface area contributed by atoms with Crippen molar-refractivity contribution < 1.29 is 19.0 Å². The summed E-state index contributed by atoms with van der Waals surface area (Å²) in [5.41, 5.74) is 1.87. The second kappa shape index (κ2) is 10.2. The first-order chi connectivity index (χ1) is 14.7. The number of carbonyl (C=O) groups excluding carboxylic acids is 1. The third kappa shape index (κ3) is 5.03. The number of nitrogens with zero attached hydrogens (tertiary/aromatic N) is 3. The summed E-state index contributed by atoms with van der Waals surface area (Å²) in [5.74, 6) is 1.83. The van der Waals surface area contributed by atoms with Gasteiger partial charge in [0.2, 0.25) is 5.91 Å². The van der Waals surface area contributed by atoms with Gasteiger partial charge in [-0.05, 0) is 35.9 Å². The van der Waals surface area contributed by atoms with Crippen LogP contribution in [0.5, 0.6) is 17.2 Å². The SMILES string of the molecule is COc1cc(/C=C/C(=O)N2CCN(c3ccccc3OC)CC2)ccc1OCC#N. The van der Waals surface area contributed by atoms with Crippen molar-refractivity contribution in [2.24, 2.45) is 0 Å². The van der Waals surface area contributed by atoms with Gasteiger partial charge in [-0.1, -0.05) is 18.2 Å². The number of methoxy groups -OCH3 is 2. The predicted octanol–water partition coefficient (Wildman–Crippen LogP) is 2.97. The highest BCUT2D eigenvalue weighted by atomic mass is 16.5. The molecule has 156 valence electrons. The maximum absolute atomic E-state index is 12.6. The van der Waals surface area contributed by atoms with E-state index in [0.717, 1.165) is 30.1 Å². The van der Waals surface area contributed by atoms with E-state index in [1.165, 1.54) is 7.11 Å². The molecule has 1 fully saturated rings. The maximum Gasteiger partial charge on any atom is 0.246 e. The molecular formula is C23H25N3O4. The predicted molar refractivity (Wildman–Crippen MR) is 115 cm³/mol. The molecule has 1 heterocycles. The Balaban J connectivity index is 1.59. The van der Waals surface area contributed by atoms with Crippen LogP contribution in [0.3, 0.4) is 0 Å². The summed E-state index contributed by atoms with van der Waals surface area (Å²) in [4.78, 5) is 16.7. The highest BCUT2D eigenvalue weighted by molar-refractivity contribution is 5.92. The average Bonchev–Trinajstić information content (AvgIpc) is 2.81. The first-order valence-corrected chi connectivity index (χ1v) is 9.69. The highest BCUT2D eigenvalue weighted by Gasteiger charge is 2.21. The molecule has 0 spiro atoms. The fourth-order valence-corrected chi connectivity index (χ4v) is 3.35. The molecule has 1 aliphatic rings. The van der Waals surface area contributed by atoms with Gasteiger partial charge in [0.15, 0.2) is 18.1 Å². The minimum absolute atomic E-state index is 0.0292. The molecule has 0 unspecified atom stereocenters. The fraction of sp³-hybridized carbons (Fsp3) is 0.304. The van der Waals surface area contributed by atoms with Crippen LogP contribution in [0.15, 0.2) is 48.5 Å². The van der Waals surface area contributed by atoms with Crippen LogP contribution in [0.25, 0.3) is 6.08 Å². The Morgan fingerprint density at radius 3 is 2.47 bits per heavy atom. The van der Waals surface area contributed by atoms with Gasteiger partial charge >= 0.3 is 0 Å². The molecule has 1 saturated heterocycles. The van der Waals surface area contributed by atoms with E-state index in [1.807, 2.05) is 41.3 Å². The Morgan fingerprint density at radius 1 is 1.03 bits per heavy atom. The zero-order chi connectivity index (χ0) is 21.3. The monoisotopic (exact) mass is 407 g/mol. The summed E-state index contributed by atoms with van der Waals surface area (Å²) in [6.07, 6.45) is 3.33. The summed E-state index contributed by atoms with van der Waals surface area (Å²) in [5, 5.41) is 8.64. The summed E-state index contributed by atoms with van der Waals surface area (Å²) in [6.45, 7) is 2.74. The van der Waals surface area contributed by atoms with Crippen molar-refractivity contribution in [1.82, 2.24) is 4.90 Å². The van der Waals surface area contributed by atoms with E-state index in [4.69, 9.17) is 19.5 Å². The molecule has 0 bridgehead atoms. The van der Waals surface area contributed by atoms with Gasteiger partial charge in [0, 0.05) is 32.3 Å². The molecule has 2 aromatic rings. The Labute approximate surface area is 176 Å². The van der Waals surface area contributed by atoms with E-state index in [2.05, 4.69) is 4.90 Å². The van der Waals surface area contributed by atoms with Gasteiger partial charge in [0.05, 0.1) is 19.9 Å². The van der Waals surface area contributed by atoms with Crippen LogP contribution in [-0.2, 0) is 4.79 Å². The van der Waals surface area contributed by atoms with E-state index >= 15 is 0 Å². The summed E-state index contributed by atoms with van der Waals surface area (Å²) >= 11 is 0. The molecule has 1 aliphatic heterocycles. The normalized spacial score (nSPS) is 13.8. The number of carbonyl (C=O) groups is 1. The average molecular weight is 407 g/mol. The van der Waals surface area contributed by atoms with Crippen LogP contribution in [0.4, 0.5) is 5.69 Å². The molecule has 0 atom stereocenters. The number of nitriles is 1. The smallest absolute Gasteiger partial charge is 0.246 e. The molecule has 2 aromatic carbocycles. The third-order valence-electron chi connectivity index (χ3n) is 4.92. The molecule has 0 radical (unpaired) electrons. The lowest BCUT2D eigenvalue weighted by Crippen LogP contribution is -2.48. The number of hydrogen-bond acceptors (Lipinski definition) is 6. The zero-order valence-electron chi connectivity index (χ0n) is 17.2. The Hall–Kier alpha value is -3.66. The number of ether oxygens (including phenoxy) is 3. The van der Waals surface area contributed by atoms with Crippen LogP contribution in [0.1, 0.15) is 5.56 Å². The molecular weight excluding hydrogens is 382 g/mol. The first-order valence-electron chi connectivity index (χ1n) is 9.69. The highest BCUT2D eigenvalue weighted by Crippen LogP contribution is 2.29. The lowest BCUT2D eigenvalue weighted by Gasteiger charge is -2.36. The van der Waals surface area contributed by atoms with E-state index < -0.39 is 0 Å². The molecule has 3 rings (SSSR count). The summed E-state index contributed by atoms with van der Waals surface area (Å²) in [7, 11) is 3.20. The number of para-hydroxylation sites is 2. The van der Waals surface area contributed by atoms with E-state index in [9.17, 15) is 4.79 Å². The Kier molecular flexibility index (Phi) is 7.17. The van der Waals surface area contributed by atoms with Crippen molar-refractivity contribution in [2.45, 2.75) is 0 Å². The molecule has 0 aromatic heterocycles. The van der Waals surface area contributed by atoms with Gasteiger partial charge in [-0.2, -0.15) is 5.26 Å². The maximum atomic E-state index is 12.6. The summed E-state index contributed by atoms with van der Waals surface area (Å²) < 4.78 is 16.1. The van der Waals surface area contributed by atoms with Gasteiger partial charge in [-0.25, -0.2) is 0 Å². The zero-order valence-corrected chi connectivity index (χ0v) is 17.2. The Bertz CT molecular complexity index is 944. The lowest BCUT2D eigenvalue weighted by atomic mass is 10.1. The fourth-order valence-electron chi connectivity index (χ4n) is 3.35. The van der Waals surface area contributed by atoms with Gasteiger partial charge in [0.25, 0.3) is 0 Å². The van der Waals surface area contributed by atoms with Crippen molar-refractivity contribution in [3.05, 3.63) is 54.1 Å². The van der Waals surface area contributed by atoms with Gasteiger partial charge in [0.1, 0.15) is 11.8 Å². The van der Waals surface area contributed by atoms with E-state index in [0.29, 0.717) is 24.6 Å². The number of hydrogen-bond donors (Lipinski definition) is 0. The molecule has 7 nitrogen and oxygen atoms in total. The number of rotatable bonds is 7. The van der Waals surface area contributed by atoms with Crippen LogP contribution >= 0.6 is 0 Å². The molecule has 30 heavy (non-hydrogen) atoms. The lowest BCUT2D eigenvalue weighted by molar-refractivity contribution is -0.126. The summed E-state index contributed by atoms with van der Waals surface area (Å²) in [6, 6.07) is 15.2. The molecule has 1 amide bonds. The van der Waals surface area contributed by atoms with E-state index in [-0.39, 0.29) is 12.5 Å². The van der Waals surface area contributed by atoms with Crippen LogP contribution in [-0.4, -0.2) is 57.8 Å². The minimum Gasteiger partial charge on any atom is -0.495 e. The molecule has 7 heteroatoms. The Morgan fingerprint density at radius 2 is 1.77 bits per heavy atom. The van der Waals surface area contributed by atoms with E-state index in [1.54, 1.807) is 31.4 Å². The number of anilines is 1. The van der Waals surface area contributed by atoms with Crippen LogP contribution in [0.2, 0.25) is 0 Å². The van der Waals surface area contributed by atoms with Crippen molar-refractivity contribution >= 4 is 17.7 Å². The standard InChI is InChI=1S/C23H25N3O4/c1-28-20-6-4-3-5-19(20)25-12-14-26(15-13-25)23(27)10-8-18-7-9-21(30-16-11-24)22(17-18)29-2/h3-10,17H,12-16H2,1-2H3/b10-8+. The van der Waals surface area contributed by atoms with Crippen molar-refractivity contribution in [3.63, 3.8) is 0 Å². The van der Waals surface area contributed by atoms with Crippen LogP contribution < -0.4 is 19.1 Å². The van der Waals surface area contributed by atoms with Gasteiger partial charge in [-0.15, -0.1) is 0 Å². The number of benzene rings is 2. The molecule has 0 aliphatic carbocycles. The minimum atomic E-state index is -0.0507. The van der Waals surface area contributed by atoms with Gasteiger partial charge in [-0.3, -0.25) is 4.79 Å². The third-order valence-corrected chi connectivity index (χ3v) is 4.92. The number of piperazine rings is 1. The first kappa shape index (κ1) is 21.1. The molecule has 0 N–H and O–H groups in total. The topological polar surface area (TPSA) is 75.0 Å². The van der Waals surface area contributed by atoms with Crippen molar-refractivity contribution in [3.8, 4) is 23.3 Å².